The highest BCUT2D eigenvalue weighted by Crippen LogP contribution is 2.31. The van der Waals surface area contributed by atoms with Gasteiger partial charge >= 0.3 is 6.18 Å². The fourth-order valence-corrected chi connectivity index (χ4v) is 3.33. The summed E-state index contributed by atoms with van der Waals surface area (Å²) < 4.78 is 67.2. The first-order chi connectivity index (χ1) is 11.8. The van der Waals surface area contributed by atoms with Crippen molar-refractivity contribution in [3.8, 4) is 5.69 Å². The molecule has 0 saturated heterocycles. The Morgan fingerprint density at radius 3 is 2.44 bits per heavy atom. The maximum absolute atomic E-state index is 12.8. The number of benzene rings is 2. The van der Waals surface area contributed by atoms with Crippen molar-refractivity contribution >= 4 is 15.7 Å². The van der Waals surface area contributed by atoms with Crippen molar-refractivity contribution in [3.05, 3.63) is 72.6 Å². The topological polar surface area (TPSA) is 64.0 Å². The number of para-hydroxylation sites is 2. The minimum Gasteiger partial charge on any atom is -0.277 e. The Morgan fingerprint density at radius 2 is 1.76 bits per heavy atom. The van der Waals surface area contributed by atoms with Crippen LogP contribution in [0.4, 0.5) is 18.9 Å². The highest BCUT2D eigenvalue weighted by atomic mass is 32.2. The zero-order valence-corrected chi connectivity index (χ0v) is 13.4. The van der Waals surface area contributed by atoms with E-state index in [1.54, 1.807) is 30.5 Å². The third kappa shape index (κ3) is 3.66. The Labute approximate surface area is 141 Å². The van der Waals surface area contributed by atoms with Crippen LogP contribution in [0.15, 0.2) is 71.9 Å². The molecule has 5 nitrogen and oxygen atoms in total. The van der Waals surface area contributed by atoms with Crippen molar-refractivity contribution in [2.24, 2.45) is 0 Å². The third-order valence-corrected chi connectivity index (χ3v) is 4.73. The van der Waals surface area contributed by atoms with Crippen LogP contribution in [0.2, 0.25) is 0 Å². The van der Waals surface area contributed by atoms with Gasteiger partial charge in [-0.3, -0.25) is 4.72 Å². The van der Waals surface area contributed by atoms with Gasteiger partial charge in [0.25, 0.3) is 10.0 Å². The van der Waals surface area contributed by atoms with Crippen molar-refractivity contribution in [2.75, 3.05) is 4.72 Å². The lowest BCUT2D eigenvalue weighted by Gasteiger charge is -2.14. The summed E-state index contributed by atoms with van der Waals surface area (Å²) in [4.78, 5) is -0.474. The van der Waals surface area contributed by atoms with Gasteiger partial charge in [0.1, 0.15) is 0 Å². The van der Waals surface area contributed by atoms with Crippen molar-refractivity contribution in [1.82, 2.24) is 9.78 Å². The molecule has 0 amide bonds. The Balaban J connectivity index is 1.99. The summed E-state index contributed by atoms with van der Waals surface area (Å²) in [5.74, 6) is 0. The molecule has 3 aromatic rings. The summed E-state index contributed by atoms with van der Waals surface area (Å²) in [5, 5.41) is 4.03. The van der Waals surface area contributed by atoms with Crippen molar-refractivity contribution in [2.45, 2.75) is 11.1 Å². The number of sulfonamides is 1. The molecule has 130 valence electrons. The molecule has 0 unspecified atom stereocenters. The van der Waals surface area contributed by atoms with E-state index >= 15 is 0 Å². The van der Waals surface area contributed by atoms with Crippen molar-refractivity contribution in [1.29, 1.82) is 0 Å². The summed E-state index contributed by atoms with van der Waals surface area (Å²) in [6.07, 6.45) is -1.48. The number of hydrogen-bond donors (Lipinski definition) is 1. The molecule has 0 spiro atoms. The second-order valence-corrected chi connectivity index (χ2v) is 6.78. The first kappa shape index (κ1) is 17.0. The smallest absolute Gasteiger partial charge is 0.277 e. The summed E-state index contributed by atoms with van der Waals surface area (Å²) in [6, 6.07) is 11.7. The Bertz CT molecular complexity index is 984. The number of aromatic nitrogens is 2. The first-order valence-corrected chi connectivity index (χ1v) is 8.55. The normalized spacial score (nSPS) is 12.1. The number of anilines is 1. The monoisotopic (exact) mass is 367 g/mol. The van der Waals surface area contributed by atoms with Gasteiger partial charge in [-0.2, -0.15) is 18.3 Å². The Morgan fingerprint density at radius 1 is 1.00 bits per heavy atom. The molecule has 0 saturated carbocycles. The molecule has 2 aromatic carbocycles. The SMILES string of the molecule is O=S(=O)(Nc1ccccc1-n1cccn1)c1cccc(C(F)(F)F)c1. The average molecular weight is 367 g/mol. The standard InChI is InChI=1S/C16H12F3N3O2S/c17-16(18,19)12-5-3-6-13(11-12)25(23,24)21-14-7-1-2-8-15(14)22-10-4-9-20-22/h1-11,21H. The van der Waals surface area contributed by atoms with Gasteiger partial charge in [0.05, 0.1) is 21.8 Å². The highest BCUT2D eigenvalue weighted by molar-refractivity contribution is 7.92. The summed E-state index contributed by atoms with van der Waals surface area (Å²) >= 11 is 0. The second-order valence-electron chi connectivity index (χ2n) is 5.10. The van der Waals surface area contributed by atoms with Gasteiger partial charge in [-0.1, -0.05) is 18.2 Å². The highest BCUT2D eigenvalue weighted by Gasteiger charge is 2.31. The molecule has 0 fully saturated rings. The van der Waals surface area contributed by atoms with Gasteiger partial charge in [0.15, 0.2) is 0 Å². The average Bonchev–Trinajstić information content (AvgIpc) is 3.09. The predicted molar refractivity (Wildman–Crippen MR) is 85.8 cm³/mol. The molecular formula is C16H12F3N3O2S. The lowest BCUT2D eigenvalue weighted by molar-refractivity contribution is -0.137. The molecule has 0 aliphatic carbocycles. The zero-order chi connectivity index (χ0) is 18.1. The van der Waals surface area contributed by atoms with Crippen LogP contribution in [0.25, 0.3) is 5.69 Å². The Hall–Kier alpha value is -2.81. The number of halogens is 3. The predicted octanol–water partition coefficient (Wildman–Crippen LogP) is 3.69. The lowest BCUT2D eigenvalue weighted by Crippen LogP contribution is -2.16. The molecule has 0 aliphatic rings. The molecule has 3 rings (SSSR count). The minimum atomic E-state index is -4.63. The van der Waals surface area contributed by atoms with Crippen LogP contribution in [0.1, 0.15) is 5.56 Å². The van der Waals surface area contributed by atoms with Crippen molar-refractivity contribution in [3.63, 3.8) is 0 Å². The zero-order valence-electron chi connectivity index (χ0n) is 12.6. The van der Waals surface area contributed by atoms with Crippen LogP contribution < -0.4 is 4.72 Å². The lowest BCUT2D eigenvalue weighted by atomic mass is 10.2. The molecule has 9 heteroatoms. The fraction of sp³-hybridized carbons (Fsp3) is 0.0625. The van der Waals surface area contributed by atoms with E-state index in [4.69, 9.17) is 0 Å². The van der Waals surface area contributed by atoms with Gasteiger partial charge in [-0.25, -0.2) is 13.1 Å². The van der Waals surface area contributed by atoms with Crippen LogP contribution >= 0.6 is 0 Å². The number of nitrogens with one attached hydrogen (secondary N) is 1. The second kappa shape index (κ2) is 6.25. The van der Waals surface area contributed by atoms with Gasteiger partial charge in [0, 0.05) is 12.4 Å². The van der Waals surface area contributed by atoms with Crippen molar-refractivity contribution < 1.29 is 21.6 Å². The van der Waals surface area contributed by atoms with Gasteiger partial charge in [0.2, 0.25) is 0 Å². The van der Waals surface area contributed by atoms with Crippen LogP contribution in [0, 0.1) is 0 Å². The Kier molecular flexibility index (Phi) is 4.25. The van der Waals surface area contributed by atoms with E-state index in [1.807, 2.05) is 0 Å². The van der Waals surface area contributed by atoms with Crippen LogP contribution in [0.3, 0.4) is 0 Å². The van der Waals surface area contributed by atoms with E-state index in [2.05, 4.69) is 9.82 Å². The molecule has 1 N–H and O–H groups in total. The van der Waals surface area contributed by atoms with E-state index in [9.17, 15) is 21.6 Å². The summed E-state index contributed by atoms with van der Waals surface area (Å²) in [5.41, 5.74) is -0.387. The van der Waals surface area contributed by atoms with Crippen LogP contribution in [-0.2, 0) is 16.2 Å². The molecular weight excluding hydrogens is 355 g/mol. The largest absolute Gasteiger partial charge is 0.416 e. The molecule has 0 bridgehead atoms. The maximum atomic E-state index is 12.8. The minimum absolute atomic E-state index is 0.198. The van der Waals surface area contributed by atoms with Crippen LogP contribution in [0.5, 0.6) is 0 Å². The van der Waals surface area contributed by atoms with E-state index in [0.29, 0.717) is 11.8 Å². The van der Waals surface area contributed by atoms with Gasteiger partial charge in [-0.15, -0.1) is 0 Å². The number of rotatable bonds is 4. The third-order valence-electron chi connectivity index (χ3n) is 3.37. The molecule has 1 aromatic heterocycles. The van der Waals surface area contributed by atoms with E-state index in [0.717, 1.165) is 18.2 Å². The molecule has 1 heterocycles. The van der Waals surface area contributed by atoms with E-state index in [-0.39, 0.29) is 5.69 Å². The first-order valence-electron chi connectivity index (χ1n) is 7.06. The summed E-state index contributed by atoms with van der Waals surface area (Å²) in [7, 11) is -4.20. The van der Waals surface area contributed by atoms with Gasteiger partial charge < -0.3 is 0 Å². The van der Waals surface area contributed by atoms with Crippen LogP contribution in [-0.4, -0.2) is 18.2 Å². The molecule has 0 atom stereocenters. The van der Waals surface area contributed by atoms with Gasteiger partial charge in [-0.05, 0) is 36.4 Å². The molecule has 0 aliphatic heterocycles. The quantitative estimate of drug-likeness (QED) is 0.765. The van der Waals surface area contributed by atoms with E-state index < -0.39 is 26.7 Å². The molecule has 0 radical (unpaired) electrons. The fourth-order valence-electron chi connectivity index (χ4n) is 2.21. The number of nitrogens with zero attached hydrogens (tertiary/aromatic N) is 2. The summed E-state index contributed by atoms with van der Waals surface area (Å²) in [6.45, 7) is 0. The molecule has 25 heavy (non-hydrogen) atoms. The number of alkyl halides is 3. The van der Waals surface area contributed by atoms with E-state index in [1.165, 1.54) is 16.9 Å². The maximum Gasteiger partial charge on any atom is 0.416 e. The number of hydrogen-bond acceptors (Lipinski definition) is 3.